The zero-order chi connectivity index (χ0) is 28.5. The molecule has 0 aromatic rings. The molecule has 7 nitrogen and oxygen atoms in total. The predicted octanol–water partition coefficient (Wildman–Crippen LogP) is 5.45. The van der Waals surface area contributed by atoms with Crippen LogP contribution in [0.5, 0.6) is 0 Å². The number of ether oxygens (including phenoxy) is 3. The van der Waals surface area contributed by atoms with Gasteiger partial charge in [-0.2, -0.15) is 0 Å². The van der Waals surface area contributed by atoms with Crippen LogP contribution in [-0.2, 0) is 23.8 Å². The first-order valence-corrected chi connectivity index (χ1v) is 13.2. The lowest BCUT2D eigenvalue weighted by Gasteiger charge is -2.62. The van der Waals surface area contributed by atoms with E-state index in [9.17, 15) is 23.9 Å². The van der Waals surface area contributed by atoms with Crippen molar-refractivity contribution in [1.29, 1.82) is 0 Å². The second-order valence-electron chi connectivity index (χ2n) is 12.4. The van der Waals surface area contributed by atoms with Gasteiger partial charge >= 0.3 is 12.1 Å². The van der Waals surface area contributed by atoms with Crippen molar-refractivity contribution >= 4 is 17.9 Å². The molecule has 2 fully saturated rings. The van der Waals surface area contributed by atoms with Crippen molar-refractivity contribution in [3.8, 4) is 0 Å². The molecule has 0 spiro atoms. The highest BCUT2D eigenvalue weighted by molar-refractivity contribution is 5.93. The second-order valence-corrected chi connectivity index (χ2v) is 12.4. The van der Waals surface area contributed by atoms with E-state index in [0.29, 0.717) is 6.42 Å². The van der Waals surface area contributed by atoms with E-state index >= 15 is 8.78 Å². The number of hydrogen-bond acceptors (Lipinski definition) is 7. The van der Waals surface area contributed by atoms with Crippen LogP contribution in [0.2, 0.25) is 0 Å². The van der Waals surface area contributed by atoms with Gasteiger partial charge < -0.3 is 19.3 Å². The summed E-state index contributed by atoms with van der Waals surface area (Å²) in [6.07, 6.45) is -0.830. The molecular formula is C28H37F3O7. The molecule has 212 valence electrons. The summed E-state index contributed by atoms with van der Waals surface area (Å²) < 4.78 is 62.2. The van der Waals surface area contributed by atoms with Gasteiger partial charge in [0.2, 0.25) is 12.5 Å². The molecule has 4 aliphatic carbocycles. The van der Waals surface area contributed by atoms with Gasteiger partial charge in [-0.25, -0.2) is 22.8 Å². The smallest absolute Gasteiger partial charge is 0.431 e. The Morgan fingerprint density at radius 1 is 1.24 bits per heavy atom. The normalized spacial score (nSPS) is 42.2. The molecule has 0 saturated heterocycles. The fraction of sp³-hybridized carbons (Fsp3) is 0.750. The molecule has 0 amide bonds. The summed E-state index contributed by atoms with van der Waals surface area (Å²) in [7, 11) is 0. The minimum atomic E-state index is -2.37. The molecule has 0 radical (unpaired) electrons. The van der Waals surface area contributed by atoms with Crippen LogP contribution in [0.15, 0.2) is 23.6 Å². The number of carbonyl (C=O) groups excluding carboxylic acids is 3. The molecule has 0 aliphatic heterocycles. The zero-order valence-corrected chi connectivity index (χ0v) is 22.7. The number of esters is 1. The number of alkyl halides is 2. The lowest BCUT2D eigenvalue weighted by molar-refractivity contribution is -0.231. The van der Waals surface area contributed by atoms with Crippen molar-refractivity contribution in [2.24, 2.45) is 28.6 Å². The molecule has 2 saturated carbocycles. The number of hydrogen-bond donors (Lipinski definition) is 1. The summed E-state index contributed by atoms with van der Waals surface area (Å²) in [5.74, 6) is -4.83. The average Bonchev–Trinajstić information content (AvgIpc) is 3.04. The fourth-order valence-corrected chi connectivity index (χ4v) is 7.80. The summed E-state index contributed by atoms with van der Waals surface area (Å²) in [5.41, 5.74) is -8.44. The molecule has 0 bridgehead atoms. The first-order chi connectivity index (χ1) is 17.5. The molecular weight excluding hydrogens is 505 g/mol. The average molecular weight is 543 g/mol. The summed E-state index contributed by atoms with van der Waals surface area (Å²) in [6, 6.07) is 0. The Labute approximate surface area is 220 Å². The Hall–Kier alpha value is -2.36. The summed E-state index contributed by atoms with van der Waals surface area (Å²) >= 11 is 0. The number of aliphatic hydroxyl groups excluding tert-OH is 1. The van der Waals surface area contributed by atoms with E-state index in [1.807, 2.05) is 0 Å². The second kappa shape index (κ2) is 9.10. The minimum Gasteiger partial charge on any atom is -0.431 e. The van der Waals surface area contributed by atoms with Crippen molar-refractivity contribution in [2.45, 2.75) is 96.6 Å². The minimum absolute atomic E-state index is 0.0159. The van der Waals surface area contributed by atoms with Crippen LogP contribution in [0.1, 0.15) is 73.6 Å². The maximum atomic E-state index is 17.4. The molecule has 10 heteroatoms. The van der Waals surface area contributed by atoms with Gasteiger partial charge in [0, 0.05) is 35.5 Å². The number of ketones is 1. The van der Waals surface area contributed by atoms with Crippen LogP contribution < -0.4 is 0 Å². The topological polar surface area (TPSA) is 99.1 Å². The van der Waals surface area contributed by atoms with Gasteiger partial charge in [-0.3, -0.25) is 4.79 Å². The van der Waals surface area contributed by atoms with Crippen molar-refractivity contribution in [1.82, 2.24) is 0 Å². The third-order valence-corrected chi connectivity index (χ3v) is 10.1. The van der Waals surface area contributed by atoms with Crippen LogP contribution in [0.3, 0.4) is 0 Å². The van der Waals surface area contributed by atoms with E-state index in [4.69, 9.17) is 14.2 Å². The summed E-state index contributed by atoms with van der Waals surface area (Å²) in [5, 5.41) is 11.5. The third-order valence-electron chi connectivity index (χ3n) is 10.1. The maximum absolute atomic E-state index is 17.4. The van der Waals surface area contributed by atoms with Crippen molar-refractivity contribution in [3.05, 3.63) is 23.6 Å². The number of aliphatic hydroxyl groups is 1. The molecule has 1 N–H and O–H groups in total. The largest absolute Gasteiger partial charge is 0.509 e. The van der Waals surface area contributed by atoms with Crippen LogP contribution in [-0.4, -0.2) is 52.8 Å². The zero-order valence-electron chi connectivity index (χ0n) is 22.7. The van der Waals surface area contributed by atoms with Crippen LogP contribution in [0.25, 0.3) is 0 Å². The van der Waals surface area contributed by atoms with Crippen LogP contribution in [0, 0.1) is 28.6 Å². The lowest BCUT2D eigenvalue weighted by Crippen LogP contribution is -2.70. The molecule has 4 rings (SSSR count). The Morgan fingerprint density at radius 2 is 1.89 bits per heavy atom. The Balaban J connectivity index is 1.84. The van der Waals surface area contributed by atoms with Crippen LogP contribution >= 0.6 is 0 Å². The fourth-order valence-electron chi connectivity index (χ4n) is 7.80. The summed E-state index contributed by atoms with van der Waals surface area (Å²) in [6.45, 7) is 8.28. The number of fused-ring (bicyclic) bond motifs is 5. The molecule has 0 unspecified atom stereocenters. The Bertz CT molecular complexity index is 1100. The quantitative estimate of drug-likeness (QED) is 0.461. The van der Waals surface area contributed by atoms with E-state index in [1.54, 1.807) is 34.6 Å². The van der Waals surface area contributed by atoms with Crippen molar-refractivity contribution < 1.29 is 46.9 Å². The first kappa shape index (κ1) is 28.6. The maximum Gasteiger partial charge on any atom is 0.509 e. The predicted molar refractivity (Wildman–Crippen MR) is 130 cm³/mol. The number of rotatable bonds is 5. The van der Waals surface area contributed by atoms with Crippen molar-refractivity contribution in [3.63, 3.8) is 0 Å². The van der Waals surface area contributed by atoms with Gasteiger partial charge in [-0.15, -0.1) is 0 Å². The number of allylic oxidation sites excluding steroid dienone is 4. The summed E-state index contributed by atoms with van der Waals surface area (Å²) in [4.78, 5) is 38.5. The number of halogens is 3. The highest BCUT2D eigenvalue weighted by atomic mass is 19.1. The monoisotopic (exact) mass is 542 g/mol. The standard InChI is InChI=1S/C28H37F3O7/c1-7-24(3,4)37-23(35)38-28(22(34)36-14-29)15(2)10-17-18-12-20(30)19-11-16(32)8-9-25(19,5)27(18,31)21(33)13-26(17,28)6/h8-9,15,17-18,21,33H,7,10-14H2,1-6H3/t15-,17+,18+,21+,25+,26+,27+,28+/m1/s1. The van der Waals surface area contributed by atoms with Gasteiger partial charge in [0.1, 0.15) is 11.4 Å². The van der Waals surface area contributed by atoms with Crippen molar-refractivity contribution in [2.75, 3.05) is 6.86 Å². The highest BCUT2D eigenvalue weighted by Gasteiger charge is 2.78. The van der Waals surface area contributed by atoms with Gasteiger partial charge in [-0.1, -0.05) is 26.8 Å². The van der Waals surface area contributed by atoms with E-state index in [1.165, 1.54) is 19.1 Å². The molecule has 0 aromatic carbocycles. The van der Waals surface area contributed by atoms with Gasteiger partial charge in [0.05, 0.1) is 6.10 Å². The molecule has 8 atom stereocenters. The van der Waals surface area contributed by atoms with Gasteiger partial charge in [0.25, 0.3) is 0 Å². The Kier molecular flexibility index (Phi) is 6.86. The third kappa shape index (κ3) is 3.68. The number of carbonyl (C=O) groups is 3. The van der Waals surface area contributed by atoms with E-state index in [0.717, 1.165) is 0 Å². The van der Waals surface area contributed by atoms with E-state index < -0.39 is 82.8 Å². The Morgan fingerprint density at radius 3 is 2.50 bits per heavy atom. The first-order valence-electron chi connectivity index (χ1n) is 13.2. The SMILES string of the molecule is CCC(C)(C)OC(=O)O[C@]1(C(=O)OCF)[C@H](C)C[C@H]2[C@@H]3CC(F)=C4CC(=O)C=C[C@]4(C)[C@@]3(F)[C@@H](O)C[C@@]21C. The molecule has 38 heavy (non-hydrogen) atoms. The highest BCUT2D eigenvalue weighted by Crippen LogP contribution is 2.71. The van der Waals surface area contributed by atoms with E-state index in [2.05, 4.69) is 0 Å². The van der Waals surface area contributed by atoms with Crippen LogP contribution in [0.4, 0.5) is 18.0 Å². The lowest BCUT2D eigenvalue weighted by atomic mass is 9.45. The van der Waals surface area contributed by atoms with Gasteiger partial charge in [0.15, 0.2) is 11.5 Å². The van der Waals surface area contributed by atoms with E-state index in [-0.39, 0.29) is 30.6 Å². The van der Waals surface area contributed by atoms with Gasteiger partial charge in [-0.05, 0) is 57.6 Å². The molecule has 0 aromatic heterocycles. The molecule has 0 heterocycles. The molecule has 4 aliphatic rings.